The zero-order valence-corrected chi connectivity index (χ0v) is 11.0. The van der Waals surface area contributed by atoms with E-state index < -0.39 is 0 Å². The second-order valence-electron chi connectivity index (χ2n) is 5.04. The highest BCUT2D eigenvalue weighted by atomic mass is 32.1. The van der Waals surface area contributed by atoms with Gasteiger partial charge in [0.15, 0.2) is 0 Å². The van der Waals surface area contributed by atoms with Gasteiger partial charge in [0, 0.05) is 0 Å². The minimum absolute atomic E-state index is 0.245. The van der Waals surface area contributed by atoms with Crippen molar-refractivity contribution >= 4 is 24.5 Å². The Morgan fingerprint density at radius 1 is 1.19 bits per heavy atom. The Balaban J connectivity index is 2.05. The average Bonchev–Trinajstić information content (AvgIpc) is 2.70. The number of hydrogen-bond donors (Lipinski definition) is 0. The summed E-state index contributed by atoms with van der Waals surface area (Å²) in [6.45, 7) is 8.24. The van der Waals surface area contributed by atoms with Crippen molar-refractivity contribution in [3.63, 3.8) is 0 Å². The maximum atomic E-state index is 5.86. The molecule has 0 aliphatic carbocycles. The summed E-state index contributed by atoms with van der Waals surface area (Å²) in [6.07, 6.45) is 2.04. The molecule has 4 heteroatoms. The van der Waals surface area contributed by atoms with Crippen molar-refractivity contribution < 1.29 is 9.31 Å². The fourth-order valence-electron chi connectivity index (χ4n) is 1.53. The highest BCUT2D eigenvalue weighted by Crippen LogP contribution is 2.36. The van der Waals surface area contributed by atoms with Gasteiger partial charge in [-0.15, -0.1) is 0 Å². The summed E-state index contributed by atoms with van der Waals surface area (Å²) < 4.78 is 11.7. The van der Waals surface area contributed by atoms with Crippen molar-refractivity contribution in [3.8, 4) is 0 Å². The summed E-state index contributed by atoms with van der Waals surface area (Å²) >= 11 is 1.69. The SMILES string of the molecule is CC1(C)OB(/C=C/c2ccsc2)OC1(C)C. The van der Waals surface area contributed by atoms with Crippen LogP contribution >= 0.6 is 11.3 Å². The Labute approximate surface area is 101 Å². The lowest BCUT2D eigenvalue weighted by Crippen LogP contribution is -2.41. The van der Waals surface area contributed by atoms with Crippen LogP contribution in [0.1, 0.15) is 33.3 Å². The largest absolute Gasteiger partial charge is 0.487 e. The van der Waals surface area contributed by atoms with Gasteiger partial charge in [0.05, 0.1) is 11.2 Å². The van der Waals surface area contributed by atoms with Crippen LogP contribution < -0.4 is 0 Å². The first-order valence-electron chi connectivity index (χ1n) is 5.47. The van der Waals surface area contributed by atoms with Crippen LogP contribution in [0, 0.1) is 0 Å². The minimum atomic E-state index is -0.253. The van der Waals surface area contributed by atoms with Gasteiger partial charge in [-0.1, -0.05) is 12.1 Å². The Kier molecular flexibility index (Phi) is 2.99. The molecule has 0 N–H and O–H groups in total. The lowest BCUT2D eigenvalue weighted by molar-refractivity contribution is 0.00578. The summed E-state index contributed by atoms with van der Waals surface area (Å²) in [7, 11) is -0.245. The molecule has 0 radical (unpaired) electrons. The normalized spacial score (nSPS) is 23.1. The molecule has 0 saturated carbocycles. The van der Waals surface area contributed by atoms with Gasteiger partial charge in [-0.3, -0.25) is 0 Å². The van der Waals surface area contributed by atoms with Crippen LogP contribution in [-0.2, 0) is 9.31 Å². The van der Waals surface area contributed by atoms with Crippen molar-refractivity contribution in [1.82, 2.24) is 0 Å². The molecular weight excluding hydrogens is 219 g/mol. The van der Waals surface area contributed by atoms with Crippen molar-refractivity contribution in [2.45, 2.75) is 38.9 Å². The minimum Gasteiger partial charge on any atom is -0.400 e. The third-order valence-electron chi connectivity index (χ3n) is 3.26. The second-order valence-corrected chi connectivity index (χ2v) is 5.82. The molecule has 2 rings (SSSR count). The van der Waals surface area contributed by atoms with E-state index in [0.717, 1.165) is 0 Å². The molecule has 0 bridgehead atoms. The Morgan fingerprint density at radius 2 is 1.81 bits per heavy atom. The standard InChI is InChI=1S/C12H17BO2S/c1-11(2)12(3,4)15-13(14-11)7-5-10-6-8-16-9-10/h5-9H,1-4H3/b7-5+. The average molecular weight is 236 g/mol. The van der Waals surface area contributed by atoms with Crippen LogP contribution in [0.3, 0.4) is 0 Å². The molecule has 1 saturated heterocycles. The van der Waals surface area contributed by atoms with E-state index in [2.05, 4.69) is 44.5 Å². The second kappa shape index (κ2) is 4.02. The molecule has 86 valence electrons. The molecule has 0 unspecified atom stereocenters. The van der Waals surface area contributed by atoms with Crippen molar-refractivity contribution in [1.29, 1.82) is 0 Å². The summed E-state index contributed by atoms with van der Waals surface area (Å²) in [6, 6.07) is 2.08. The smallest absolute Gasteiger partial charge is 0.400 e. The van der Waals surface area contributed by atoms with Gasteiger partial charge < -0.3 is 9.31 Å². The van der Waals surface area contributed by atoms with Gasteiger partial charge >= 0.3 is 7.12 Å². The van der Waals surface area contributed by atoms with Gasteiger partial charge in [0.1, 0.15) is 0 Å². The number of rotatable bonds is 2. The van der Waals surface area contributed by atoms with E-state index in [1.165, 1.54) is 5.56 Å². The van der Waals surface area contributed by atoms with E-state index in [-0.39, 0.29) is 18.3 Å². The first-order chi connectivity index (χ1) is 7.41. The quantitative estimate of drug-likeness (QED) is 0.732. The molecule has 1 aromatic rings. The summed E-state index contributed by atoms with van der Waals surface area (Å²) in [5.41, 5.74) is 0.688. The van der Waals surface area contributed by atoms with E-state index in [9.17, 15) is 0 Å². The molecule has 0 aromatic carbocycles. The number of thiophene rings is 1. The van der Waals surface area contributed by atoms with Gasteiger partial charge in [0.2, 0.25) is 0 Å². The van der Waals surface area contributed by atoms with Crippen LogP contribution in [0.25, 0.3) is 6.08 Å². The van der Waals surface area contributed by atoms with Gasteiger partial charge in [-0.05, 0) is 50.1 Å². The predicted molar refractivity (Wildman–Crippen MR) is 69.4 cm³/mol. The van der Waals surface area contributed by atoms with Crippen molar-refractivity contribution in [3.05, 3.63) is 28.4 Å². The predicted octanol–water partition coefficient (Wildman–Crippen LogP) is 3.39. The number of hydrogen-bond acceptors (Lipinski definition) is 3. The summed E-state index contributed by atoms with van der Waals surface area (Å²) in [5, 5.41) is 4.16. The molecule has 0 atom stereocenters. The molecule has 0 spiro atoms. The lowest BCUT2D eigenvalue weighted by atomic mass is 9.89. The van der Waals surface area contributed by atoms with E-state index in [1.807, 2.05) is 12.1 Å². The van der Waals surface area contributed by atoms with Crippen LogP contribution in [0.15, 0.2) is 22.8 Å². The van der Waals surface area contributed by atoms with Crippen LogP contribution in [-0.4, -0.2) is 18.3 Å². The van der Waals surface area contributed by atoms with Crippen molar-refractivity contribution in [2.24, 2.45) is 0 Å². The fraction of sp³-hybridized carbons (Fsp3) is 0.500. The highest BCUT2D eigenvalue weighted by Gasteiger charge is 2.49. The maximum absolute atomic E-state index is 5.86. The topological polar surface area (TPSA) is 18.5 Å². The van der Waals surface area contributed by atoms with E-state index >= 15 is 0 Å². The third kappa shape index (κ3) is 2.24. The molecule has 1 aliphatic rings. The Bertz CT molecular complexity index is 366. The third-order valence-corrected chi connectivity index (χ3v) is 3.96. The molecule has 2 nitrogen and oxygen atoms in total. The molecule has 2 heterocycles. The monoisotopic (exact) mass is 236 g/mol. The van der Waals surface area contributed by atoms with Crippen LogP contribution in [0.2, 0.25) is 0 Å². The van der Waals surface area contributed by atoms with Gasteiger partial charge in [-0.2, -0.15) is 11.3 Å². The lowest BCUT2D eigenvalue weighted by Gasteiger charge is -2.32. The van der Waals surface area contributed by atoms with Gasteiger partial charge in [-0.25, -0.2) is 0 Å². The molecule has 0 amide bonds. The van der Waals surface area contributed by atoms with Crippen LogP contribution in [0.4, 0.5) is 0 Å². The maximum Gasteiger partial charge on any atom is 0.487 e. The van der Waals surface area contributed by atoms with Gasteiger partial charge in [0.25, 0.3) is 0 Å². The molecule has 1 fully saturated rings. The fourth-order valence-corrected chi connectivity index (χ4v) is 2.16. The zero-order chi connectivity index (χ0) is 11.8. The molecule has 1 aromatic heterocycles. The van der Waals surface area contributed by atoms with E-state index in [1.54, 1.807) is 11.3 Å². The highest BCUT2D eigenvalue weighted by molar-refractivity contribution is 7.08. The van der Waals surface area contributed by atoms with Crippen molar-refractivity contribution in [2.75, 3.05) is 0 Å². The van der Waals surface area contributed by atoms with Crippen LogP contribution in [0.5, 0.6) is 0 Å². The summed E-state index contributed by atoms with van der Waals surface area (Å²) in [4.78, 5) is 0. The molecule has 1 aliphatic heterocycles. The molecule has 16 heavy (non-hydrogen) atoms. The first-order valence-corrected chi connectivity index (χ1v) is 6.41. The van der Waals surface area contributed by atoms with E-state index in [0.29, 0.717) is 0 Å². The Hall–Kier alpha value is -0.575. The Morgan fingerprint density at radius 3 is 2.31 bits per heavy atom. The van der Waals surface area contributed by atoms with E-state index in [4.69, 9.17) is 9.31 Å². The zero-order valence-electron chi connectivity index (χ0n) is 10.2. The molecular formula is C12H17BO2S. The first kappa shape index (κ1) is 11.9. The summed E-state index contributed by atoms with van der Waals surface area (Å²) in [5.74, 6) is 1.97.